The van der Waals surface area contributed by atoms with Crippen molar-refractivity contribution >= 4 is 21.9 Å². The molecule has 0 saturated heterocycles. The molecule has 0 atom stereocenters. The second-order valence-corrected chi connectivity index (χ2v) is 4.29. The molecule has 1 aromatic carbocycles. The molecule has 1 heterocycles. The Bertz CT molecular complexity index is 573. The molecule has 2 aromatic rings. The zero-order valence-corrected chi connectivity index (χ0v) is 10.1. The second-order valence-electron chi connectivity index (χ2n) is 3.38. The van der Waals surface area contributed by atoms with Crippen LogP contribution >= 0.6 is 15.9 Å². The van der Waals surface area contributed by atoms with Gasteiger partial charge in [0, 0.05) is 10.0 Å². The highest BCUT2D eigenvalue weighted by Crippen LogP contribution is 2.21. The average Bonchev–Trinajstić information content (AvgIpc) is 2.14. The highest BCUT2D eigenvalue weighted by atomic mass is 79.9. The van der Waals surface area contributed by atoms with Gasteiger partial charge in [-0.1, -0.05) is 15.9 Å². The summed E-state index contributed by atoms with van der Waals surface area (Å²) in [6.07, 6.45) is 0. The molecule has 6 heteroatoms. The molecule has 0 bridgehead atoms. The first-order valence-electron chi connectivity index (χ1n) is 4.56. The zero-order chi connectivity index (χ0) is 11.7. The highest BCUT2D eigenvalue weighted by Gasteiger charge is 2.04. The van der Waals surface area contributed by atoms with Crippen LogP contribution in [0.3, 0.4) is 0 Å². The van der Waals surface area contributed by atoms with Crippen molar-refractivity contribution in [2.75, 3.05) is 5.73 Å². The zero-order valence-electron chi connectivity index (χ0n) is 8.49. The Morgan fingerprint density at radius 1 is 1.31 bits per heavy atom. The van der Waals surface area contributed by atoms with Gasteiger partial charge in [0.05, 0.1) is 0 Å². The van der Waals surface area contributed by atoms with Gasteiger partial charge in [-0.3, -0.25) is 4.98 Å². The molecule has 0 fully saturated rings. The summed E-state index contributed by atoms with van der Waals surface area (Å²) in [6.45, 7) is 1.96. The molecular formula is C10H9BrN4O. The van der Waals surface area contributed by atoms with E-state index in [1.807, 2.05) is 25.1 Å². The van der Waals surface area contributed by atoms with E-state index in [0.29, 0.717) is 5.82 Å². The number of aryl methyl sites for hydroxylation is 1. The summed E-state index contributed by atoms with van der Waals surface area (Å²) in [5.41, 5.74) is 6.77. The van der Waals surface area contributed by atoms with Crippen molar-refractivity contribution in [3.63, 3.8) is 0 Å². The van der Waals surface area contributed by atoms with Crippen LogP contribution in [0.2, 0.25) is 0 Å². The lowest BCUT2D eigenvalue weighted by Crippen LogP contribution is -2.15. The smallest absolute Gasteiger partial charge is 0.349 e. The molecule has 0 radical (unpaired) electrons. The molecule has 3 N–H and O–H groups in total. The number of hydrogen-bond acceptors (Lipinski definition) is 4. The predicted molar refractivity (Wildman–Crippen MR) is 64.9 cm³/mol. The first-order valence-corrected chi connectivity index (χ1v) is 5.35. The minimum Gasteiger partial charge on any atom is -0.368 e. The molecule has 0 unspecified atom stereocenters. The molecule has 0 aliphatic rings. The van der Waals surface area contributed by atoms with Gasteiger partial charge in [0.25, 0.3) is 0 Å². The fourth-order valence-corrected chi connectivity index (χ4v) is 2.02. The first kappa shape index (κ1) is 10.8. The van der Waals surface area contributed by atoms with Crippen LogP contribution in [0.4, 0.5) is 5.95 Å². The van der Waals surface area contributed by atoms with Crippen molar-refractivity contribution in [1.29, 1.82) is 0 Å². The lowest BCUT2D eigenvalue weighted by molar-refractivity contribution is 1.01. The van der Waals surface area contributed by atoms with E-state index in [9.17, 15) is 4.79 Å². The number of aromatic amines is 1. The van der Waals surface area contributed by atoms with Gasteiger partial charge in [-0.15, -0.1) is 0 Å². The number of nitrogen functional groups attached to an aromatic ring is 1. The Kier molecular flexibility index (Phi) is 2.74. The van der Waals surface area contributed by atoms with Crippen molar-refractivity contribution in [3.8, 4) is 11.4 Å². The van der Waals surface area contributed by atoms with Gasteiger partial charge in [0.2, 0.25) is 5.95 Å². The number of halogens is 1. The number of hydrogen-bond donors (Lipinski definition) is 2. The van der Waals surface area contributed by atoms with Crippen molar-refractivity contribution in [3.05, 3.63) is 38.7 Å². The lowest BCUT2D eigenvalue weighted by Gasteiger charge is -2.03. The molecule has 0 aliphatic heterocycles. The molecule has 0 spiro atoms. The van der Waals surface area contributed by atoms with E-state index in [-0.39, 0.29) is 5.95 Å². The molecule has 0 saturated carbocycles. The quantitative estimate of drug-likeness (QED) is 0.829. The molecule has 1 aromatic heterocycles. The largest absolute Gasteiger partial charge is 0.368 e. The van der Waals surface area contributed by atoms with Crippen LogP contribution in [0.1, 0.15) is 5.56 Å². The third-order valence-corrected chi connectivity index (χ3v) is 2.44. The SMILES string of the molecule is Cc1cc(Br)cc(-c2nc(N)nc(=O)[nH]2)c1. The van der Waals surface area contributed by atoms with Gasteiger partial charge >= 0.3 is 5.69 Å². The fraction of sp³-hybridized carbons (Fsp3) is 0.100. The molecule has 0 aliphatic carbocycles. The monoisotopic (exact) mass is 280 g/mol. The van der Waals surface area contributed by atoms with E-state index in [1.54, 1.807) is 0 Å². The molecular weight excluding hydrogens is 272 g/mol. The van der Waals surface area contributed by atoms with Gasteiger partial charge in [0.1, 0.15) is 5.82 Å². The normalized spacial score (nSPS) is 10.4. The standard InChI is InChI=1S/C10H9BrN4O/c1-5-2-6(4-7(11)3-5)8-13-9(12)15-10(16)14-8/h2-4H,1H3,(H3,12,13,14,15,16). The summed E-state index contributed by atoms with van der Waals surface area (Å²) in [5.74, 6) is 0.387. The Hall–Kier alpha value is -1.69. The van der Waals surface area contributed by atoms with E-state index in [1.165, 1.54) is 0 Å². The van der Waals surface area contributed by atoms with Crippen LogP contribution in [0, 0.1) is 6.92 Å². The Morgan fingerprint density at radius 2 is 2.06 bits per heavy atom. The maximum atomic E-state index is 11.2. The number of rotatable bonds is 1. The van der Waals surface area contributed by atoms with Crippen LogP contribution in [0.15, 0.2) is 27.5 Å². The third-order valence-electron chi connectivity index (χ3n) is 1.98. The molecule has 16 heavy (non-hydrogen) atoms. The van der Waals surface area contributed by atoms with E-state index >= 15 is 0 Å². The van der Waals surface area contributed by atoms with Gasteiger partial charge in [0.15, 0.2) is 0 Å². The van der Waals surface area contributed by atoms with Crippen molar-refractivity contribution in [1.82, 2.24) is 15.0 Å². The number of nitrogens with two attached hydrogens (primary N) is 1. The minimum atomic E-state index is -0.500. The van der Waals surface area contributed by atoms with Crippen molar-refractivity contribution < 1.29 is 0 Å². The summed E-state index contributed by atoms with van der Waals surface area (Å²) < 4.78 is 0.917. The van der Waals surface area contributed by atoms with Gasteiger partial charge in [-0.25, -0.2) is 4.79 Å². The summed E-state index contributed by atoms with van der Waals surface area (Å²) in [4.78, 5) is 21.1. The second kappa shape index (κ2) is 4.05. The van der Waals surface area contributed by atoms with Crippen LogP contribution in [0.25, 0.3) is 11.4 Å². The fourth-order valence-electron chi connectivity index (χ4n) is 1.41. The minimum absolute atomic E-state index is 0.0311. The third kappa shape index (κ3) is 2.27. The molecule has 2 rings (SSSR count). The summed E-state index contributed by atoms with van der Waals surface area (Å²) >= 11 is 3.38. The summed E-state index contributed by atoms with van der Waals surface area (Å²) in [7, 11) is 0. The van der Waals surface area contributed by atoms with Gasteiger partial charge < -0.3 is 5.73 Å². The number of benzene rings is 1. The summed E-state index contributed by atoms with van der Waals surface area (Å²) in [6, 6.07) is 5.72. The van der Waals surface area contributed by atoms with E-state index in [4.69, 9.17) is 5.73 Å². The predicted octanol–water partition coefficient (Wildman–Crippen LogP) is 1.49. The number of nitrogens with zero attached hydrogens (tertiary/aromatic N) is 2. The highest BCUT2D eigenvalue weighted by molar-refractivity contribution is 9.10. The van der Waals surface area contributed by atoms with Gasteiger partial charge in [-0.2, -0.15) is 9.97 Å². The number of H-pyrrole nitrogens is 1. The number of anilines is 1. The maximum Gasteiger partial charge on any atom is 0.349 e. The molecule has 5 nitrogen and oxygen atoms in total. The Morgan fingerprint density at radius 3 is 2.69 bits per heavy atom. The van der Waals surface area contributed by atoms with E-state index in [0.717, 1.165) is 15.6 Å². The molecule has 82 valence electrons. The van der Waals surface area contributed by atoms with E-state index < -0.39 is 5.69 Å². The first-order chi connectivity index (χ1) is 7.54. The number of nitrogens with one attached hydrogen (secondary N) is 1. The Balaban J connectivity index is 2.62. The van der Waals surface area contributed by atoms with Crippen LogP contribution in [-0.2, 0) is 0 Å². The lowest BCUT2D eigenvalue weighted by atomic mass is 10.1. The van der Waals surface area contributed by atoms with Crippen LogP contribution in [-0.4, -0.2) is 15.0 Å². The van der Waals surface area contributed by atoms with E-state index in [2.05, 4.69) is 30.9 Å². The van der Waals surface area contributed by atoms with Crippen molar-refractivity contribution in [2.24, 2.45) is 0 Å². The van der Waals surface area contributed by atoms with Gasteiger partial charge in [-0.05, 0) is 30.7 Å². The maximum absolute atomic E-state index is 11.2. The van der Waals surface area contributed by atoms with Crippen molar-refractivity contribution in [2.45, 2.75) is 6.92 Å². The van der Waals surface area contributed by atoms with Crippen LogP contribution < -0.4 is 11.4 Å². The summed E-state index contributed by atoms with van der Waals surface area (Å²) in [5, 5.41) is 0. The molecule has 0 amide bonds. The van der Waals surface area contributed by atoms with Crippen LogP contribution in [0.5, 0.6) is 0 Å². The Labute approximate surface area is 99.9 Å². The topological polar surface area (TPSA) is 84.7 Å². The average molecular weight is 281 g/mol. The number of aromatic nitrogens is 3.